The molecule has 0 unspecified atom stereocenters. The Labute approximate surface area is 116 Å². The smallest absolute Gasteiger partial charge is 0.123 e. The highest BCUT2D eigenvalue weighted by Crippen LogP contribution is 2.30. The van der Waals surface area contributed by atoms with Crippen molar-refractivity contribution in [3.05, 3.63) is 53.5 Å². The molecule has 4 rings (SSSR count). The minimum atomic E-state index is 0.616. The van der Waals surface area contributed by atoms with E-state index in [0.29, 0.717) is 5.92 Å². The molecule has 1 fully saturated rings. The van der Waals surface area contributed by atoms with Crippen LogP contribution in [0.2, 0.25) is 0 Å². The van der Waals surface area contributed by atoms with Crippen molar-refractivity contribution < 1.29 is 0 Å². The van der Waals surface area contributed by atoms with Gasteiger partial charge in [0.1, 0.15) is 5.01 Å². The predicted molar refractivity (Wildman–Crippen MR) is 80.7 cm³/mol. The normalized spacial score (nSPS) is 15.6. The van der Waals surface area contributed by atoms with Gasteiger partial charge in [0, 0.05) is 30.0 Å². The summed E-state index contributed by atoms with van der Waals surface area (Å²) in [5.74, 6) is 0.616. The summed E-state index contributed by atoms with van der Waals surface area (Å²) in [7, 11) is 0. The number of benzene rings is 2. The summed E-state index contributed by atoms with van der Waals surface area (Å²) in [5.41, 5.74) is 2.47. The van der Waals surface area contributed by atoms with E-state index in [2.05, 4.69) is 53.2 Å². The predicted octanol–water partition coefficient (Wildman–Crippen LogP) is 3.65. The zero-order valence-corrected chi connectivity index (χ0v) is 11.3. The van der Waals surface area contributed by atoms with Crippen molar-refractivity contribution in [2.24, 2.45) is 0 Å². The highest BCUT2D eigenvalue weighted by molar-refractivity contribution is 7.13. The van der Waals surface area contributed by atoms with Gasteiger partial charge in [-0.3, -0.25) is 0 Å². The summed E-state index contributed by atoms with van der Waals surface area (Å²) in [5, 5.41) is 9.20. The summed E-state index contributed by atoms with van der Waals surface area (Å²) in [4.78, 5) is 4.79. The van der Waals surface area contributed by atoms with Gasteiger partial charge in [-0.15, -0.1) is 11.3 Å². The average Bonchev–Trinajstić information content (AvgIpc) is 2.85. The molecule has 2 aromatic carbocycles. The third-order valence-corrected chi connectivity index (χ3v) is 4.63. The first-order valence-corrected chi connectivity index (χ1v) is 7.43. The molecular weight excluding hydrogens is 252 g/mol. The Morgan fingerprint density at radius 2 is 1.89 bits per heavy atom. The lowest BCUT2D eigenvalue weighted by Gasteiger charge is -2.25. The first-order valence-electron chi connectivity index (χ1n) is 6.55. The van der Waals surface area contributed by atoms with E-state index in [1.165, 1.54) is 22.0 Å². The molecule has 0 spiro atoms. The van der Waals surface area contributed by atoms with Crippen LogP contribution in [-0.2, 0) is 0 Å². The minimum Gasteiger partial charge on any atom is -0.315 e. The lowest BCUT2D eigenvalue weighted by Crippen LogP contribution is -2.40. The Morgan fingerprint density at radius 1 is 1.05 bits per heavy atom. The maximum absolute atomic E-state index is 4.79. The Hall–Kier alpha value is -1.71. The molecule has 1 saturated heterocycles. The van der Waals surface area contributed by atoms with Gasteiger partial charge in [0.15, 0.2) is 0 Å². The van der Waals surface area contributed by atoms with E-state index in [1.807, 2.05) is 0 Å². The molecule has 2 heterocycles. The zero-order chi connectivity index (χ0) is 12.7. The third kappa shape index (κ3) is 1.95. The number of aromatic nitrogens is 1. The van der Waals surface area contributed by atoms with Crippen LogP contribution >= 0.6 is 11.3 Å². The quantitative estimate of drug-likeness (QED) is 0.766. The van der Waals surface area contributed by atoms with Gasteiger partial charge in [-0.25, -0.2) is 4.98 Å². The van der Waals surface area contributed by atoms with E-state index < -0.39 is 0 Å². The summed E-state index contributed by atoms with van der Waals surface area (Å²) in [6, 6.07) is 15.0. The van der Waals surface area contributed by atoms with E-state index in [4.69, 9.17) is 4.98 Å². The maximum Gasteiger partial charge on any atom is 0.123 e. The molecule has 94 valence electrons. The van der Waals surface area contributed by atoms with Gasteiger partial charge < -0.3 is 5.32 Å². The van der Waals surface area contributed by atoms with Gasteiger partial charge in [0.25, 0.3) is 0 Å². The molecule has 0 atom stereocenters. The van der Waals surface area contributed by atoms with E-state index in [1.54, 1.807) is 11.3 Å². The molecule has 1 aliphatic heterocycles. The van der Waals surface area contributed by atoms with Gasteiger partial charge in [-0.05, 0) is 16.8 Å². The average molecular weight is 266 g/mol. The number of rotatable bonds is 2. The van der Waals surface area contributed by atoms with Crippen LogP contribution in [-0.4, -0.2) is 18.1 Å². The van der Waals surface area contributed by atoms with Crippen LogP contribution in [0.15, 0.2) is 47.8 Å². The number of fused-ring (bicyclic) bond motifs is 1. The standard InChI is InChI=1S/C16H14N2S/c1-2-4-12-7-13(6-5-11(12)3-1)16-18-15(10-19-16)14-8-17-9-14/h1-7,10,14,17H,8-9H2. The van der Waals surface area contributed by atoms with Gasteiger partial charge in [-0.1, -0.05) is 36.4 Å². The molecule has 1 aromatic heterocycles. The van der Waals surface area contributed by atoms with Gasteiger partial charge in [0.2, 0.25) is 0 Å². The van der Waals surface area contributed by atoms with Crippen LogP contribution < -0.4 is 5.32 Å². The molecule has 1 N–H and O–H groups in total. The fraction of sp³-hybridized carbons (Fsp3) is 0.188. The van der Waals surface area contributed by atoms with Crippen LogP contribution in [0, 0.1) is 0 Å². The summed E-state index contributed by atoms with van der Waals surface area (Å²) in [6.45, 7) is 2.14. The topological polar surface area (TPSA) is 24.9 Å². The van der Waals surface area contributed by atoms with Crippen molar-refractivity contribution in [3.63, 3.8) is 0 Å². The Kier molecular flexibility index (Phi) is 2.60. The second-order valence-corrected chi connectivity index (χ2v) is 5.85. The number of thiazole rings is 1. The molecular formula is C16H14N2S. The fourth-order valence-corrected chi connectivity index (χ4v) is 3.33. The molecule has 19 heavy (non-hydrogen) atoms. The summed E-state index contributed by atoms with van der Waals surface area (Å²) < 4.78 is 0. The Morgan fingerprint density at radius 3 is 2.68 bits per heavy atom. The molecule has 0 bridgehead atoms. The first-order chi connectivity index (χ1) is 9.40. The van der Waals surface area contributed by atoms with E-state index in [0.717, 1.165) is 18.1 Å². The molecule has 3 aromatic rings. The summed E-state index contributed by atoms with van der Waals surface area (Å²) in [6.07, 6.45) is 0. The van der Waals surface area contributed by atoms with Crippen molar-refractivity contribution in [2.45, 2.75) is 5.92 Å². The van der Waals surface area contributed by atoms with Crippen molar-refractivity contribution in [1.29, 1.82) is 0 Å². The zero-order valence-electron chi connectivity index (χ0n) is 10.5. The van der Waals surface area contributed by atoms with Crippen molar-refractivity contribution in [2.75, 3.05) is 13.1 Å². The van der Waals surface area contributed by atoms with Gasteiger partial charge in [-0.2, -0.15) is 0 Å². The molecule has 1 aliphatic rings. The summed E-state index contributed by atoms with van der Waals surface area (Å²) >= 11 is 1.75. The molecule has 0 aliphatic carbocycles. The molecule has 0 radical (unpaired) electrons. The minimum absolute atomic E-state index is 0.616. The molecule has 2 nitrogen and oxygen atoms in total. The molecule has 3 heteroatoms. The SMILES string of the molecule is c1ccc2cc(-c3nc(C4CNC4)cs3)ccc2c1. The number of nitrogens with zero attached hydrogens (tertiary/aromatic N) is 1. The van der Waals surface area contributed by atoms with E-state index in [-0.39, 0.29) is 0 Å². The third-order valence-electron chi connectivity index (χ3n) is 3.72. The first kappa shape index (κ1) is 11.1. The number of nitrogens with one attached hydrogen (secondary N) is 1. The van der Waals surface area contributed by atoms with Crippen LogP contribution in [0.4, 0.5) is 0 Å². The Balaban J connectivity index is 1.74. The van der Waals surface area contributed by atoms with E-state index in [9.17, 15) is 0 Å². The van der Waals surface area contributed by atoms with Crippen LogP contribution in [0.1, 0.15) is 11.6 Å². The number of hydrogen-bond acceptors (Lipinski definition) is 3. The van der Waals surface area contributed by atoms with Crippen molar-refractivity contribution in [3.8, 4) is 10.6 Å². The van der Waals surface area contributed by atoms with Gasteiger partial charge >= 0.3 is 0 Å². The highest BCUT2D eigenvalue weighted by atomic mass is 32.1. The molecule has 0 saturated carbocycles. The van der Waals surface area contributed by atoms with Crippen molar-refractivity contribution >= 4 is 22.1 Å². The monoisotopic (exact) mass is 266 g/mol. The lowest BCUT2D eigenvalue weighted by molar-refractivity contribution is 0.441. The second kappa shape index (κ2) is 4.44. The van der Waals surface area contributed by atoms with Crippen LogP contribution in [0.25, 0.3) is 21.3 Å². The van der Waals surface area contributed by atoms with Crippen LogP contribution in [0.5, 0.6) is 0 Å². The van der Waals surface area contributed by atoms with Crippen LogP contribution in [0.3, 0.4) is 0 Å². The maximum atomic E-state index is 4.79. The second-order valence-electron chi connectivity index (χ2n) is 4.99. The Bertz CT molecular complexity index is 728. The highest BCUT2D eigenvalue weighted by Gasteiger charge is 2.21. The van der Waals surface area contributed by atoms with Gasteiger partial charge in [0.05, 0.1) is 5.69 Å². The number of hydrogen-bond donors (Lipinski definition) is 1. The fourth-order valence-electron chi connectivity index (χ4n) is 2.43. The van der Waals surface area contributed by atoms with E-state index >= 15 is 0 Å². The van der Waals surface area contributed by atoms with Crippen molar-refractivity contribution in [1.82, 2.24) is 10.3 Å². The largest absolute Gasteiger partial charge is 0.315 e. The lowest BCUT2D eigenvalue weighted by atomic mass is 10.0. The molecule has 0 amide bonds.